The second kappa shape index (κ2) is 10.0. The van der Waals surface area contributed by atoms with Crippen LogP contribution in [-0.4, -0.2) is 49.3 Å². The summed E-state index contributed by atoms with van der Waals surface area (Å²) < 4.78 is 4.93. The lowest BCUT2D eigenvalue weighted by atomic mass is 9.88. The van der Waals surface area contributed by atoms with Crippen LogP contribution in [0.2, 0.25) is 0 Å². The first-order chi connectivity index (χ1) is 12.5. The topological polar surface area (TPSA) is 70.7 Å². The Hall–Kier alpha value is -2.24. The van der Waals surface area contributed by atoms with E-state index in [1.807, 2.05) is 18.2 Å². The Labute approximate surface area is 156 Å². The molecule has 0 spiro atoms. The fourth-order valence-corrected chi connectivity index (χ4v) is 3.37. The molecule has 0 saturated carbocycles. The summed E-state index contributed by atoms with van der Waals surface area (Å²) in [4.78, 5) is 25.9. The van der Waals surface area contributed by atoms with Crippen molar-refractivity contribution in [1.29, 1.82) is 0 Å². The van der Waals surface area contributed by atoms with E-state index in [1.165, 1.54) is 5.56 Å². The van der Waals surface area contributed by atoms with Crippen molar-refractivity contribution in [3.63, 3.8) is 0 Å². The Morgan fingerprint density at radius 1 is 1.27 bits per heavy atom. The summed E-state index contributed by atoms with van der Waals surface area (Å²) >= 11 is 0. The maximum absolute atomic E-state index is 12.6. The van der Waals surface area contributed by atoms with Crippen molar-refractivity contribution < 1.29 is 14.3 Å². The summed E-state index contributed by atoms with van der Waals surface area (Å²) in [6.07, 6.45) is 1.32. The highest BCUT2D eigenvalue weighted by molar-refractivity contribution is 5.74. The van der Waals surface area contributed by atoms with Gasteiger partial charge >= 0.3 is 12.1 Å². The van der Waals surface area contributed by atoms with Gasteiger partial charge < -0.3 is 20.3 Å². The number of alkyl carbamates (subject to hydrolysis) is 1. The normalized spacial score (nSPS) is 18.3. The highest BCUT2D eigenvalue weighted by atomic mass is 16.5. The fourth-order valence-electron chi connectivity index (χ4n) is 3.37. The van der Waals surface area contributed by atoms with Crippen LogP contribution in [0.4, 0.5) is 9.59 Å². The van der Waals surface area contributed by atoms with E-state index >= 15 is 0 Å². The van der Waals surface area contributed by atoms with E-state index in [2.05, 4.69) is 36.6 Å². The molecule has 2 rings (SSSR count). The standard InChI is InChI=1S/C20H31N3O3/c1-4-26-20(25)22-17-11-8-12-23(14-17)19(24)21-13-18(15(2)3)16-9-6-5-7-10-16/h5-7,9-10,15,17-18H,4,8,11-14H2,1-3H3,(H,21,24)(H,22,25)/t17-,18-/m0/s1. The molecular weight excluding hydrogens is 330 g/mol. The van der Waals surface area contributed by atoms with E-state index in [9.17, 15) is 9.59 Å². The molecule has 144 valence electrons. The number of nitrogens with one attached hydrogen (secondary N) is 2. The van der Waals surface area contributed by atoms with E-state index in [-0.39, 0.29) is 18.0 Å². The van der Waals surface area contributed by atoms with Crippen LogP contribution >= 0.6 is 0 Å². The third-order valence-electron chi connectivity index (χ3n) is 4.81. The SMILES string of the molecule is CCOC(=O)N[C@H]1CCCN(C(=O)NC[C@H](c2ccccc2)C(C)C)C1. The molecule has 6 nitrogen and oxygen atoms in total. The van der Waals surface area contributed by atoms with Crippen LogP contribution in [0.1, 0.15) is 45.1 Å². The van der Waals surface area contributed by atoms with Crippen molar-refractivity contribution in [2.24, 2.45) is 5.92 Å². The van der Waals surface area contributed by atoms with Gasteiger partial charge in [0.1, 0.15) is 0 Å². The van der Waals surface area contributed by atoms with Crippen molar-refractivity contribution in [3.05, 3.63) is 35.9 Å². The molecule has 2 N–H and O–H groups in total. The number of hydrogen-bond donors (Lipinski definition) is 2. The first-order valence-electron chi connectivity index (χ1n) is 9.52. The van der Waals surface area contributed by atoms with Gasteiger partial charge in [0, 0.05) is 31.6 Å². The van der Waals surface area contributed by atoms with E-state index < -0.39 is 6.09 Å². The number of benzene rings is 1. The number of carbonyl (C=O) groups is 2. The average molecular weight is 361 g/mol. The van der Waals surface area contributed by atoms with E-state index in [0.29, 0.717) is 32.2 Å². The van der Waals surface area contributed by atoms with Crippen LogP contribution < -0.4 is 10.6 Å². The molecule has 3 amide bonds. The molecule has 0 radical (unpaired) electrons. The fraction of sp³-hybridized carbons (Fsp3) is 0.600. The van der Waals surface area contributed by atoms with Gasteiger partial charge in [-0.2, -0.15) is 0 Å². The molecule has 26 heavy (non-hydrogen) atoms. The van der Waals surface area contributed by atoms with Crippen molar-refractivity contribution in [2.45, 2.75) is 45.6 Å². The van der Waals surface area contributed by atoms with Crippen LogP contribution in [-0.2, 0) is 4.74 Å². The van der Waals surface area contributed by atoms with E-state index in [0.717, 1.165) is 12.8 Å². The minimum Gasteiger partial charge on any atom is -0.450 e. The predicted molar refractivity (Wildman–Crippen MR) is 102 cm³/mol. The second-order valence-electron chi connectivity index (χ2n) is 7.10. The minimum absolute atomic E-state index is 0.0523. The third-order valence-corrected chi connectivity index (χ3v) is 4.81. The van der Waals surface area contributed by atoms with Crippen molar-refractivity contribution >= 4 is 12.1 Å². The Balaban J connectivity index is 1.87. The molecule has 6 heteroatoms. The molecule has 0 unspecified atom stereocenters. The van der Waals surface area contributed by atoms with Crippen LogP contribution in [0.25, 0.3) is 0 Å². The Morgan fingerprint density at radius 3 is 2.65 bits per heavy atom. The van der Waals surface area contributed by atoms with Gasteiger partial charge in [0.15, 0.2) is 0 Å². The molecular formula is C20H31N3O3. The average Bonchev–Trinajstić information content (AvgIpc) is 2.62. The monoisotopic (exact) mass is 361 g/mol. The maximum atomic E-state index is 12.6. The Kier molecular flexibility index (Phi) is 7.75. The highest BCUT2D eigenvalue weighted by Crippen LogP contribution is 2.23. The smallest absolute Gasteiger partial charge is 0.407 e. The zero-order valence-corrected chi connectivity index (χ0v) is 16.0. The molecule has 1 aliphatic heterocycles. The number of urea groups is 1. The van der Waals surface area contributed by atoms with Crippen molar-refractivity contribution in [3.8, 4) is 0 Å². The summed E-state index contributed by atoms with van der Waals surface area (Å²) in [5.74, 6) is 0.704. The maximum Gasteiger partial charge on any atom is 0.407 e. The summed E-state index contributed by atoms with van der Waals surface area (Å²) in [7, 11) is 0. The summed E-state index contributed by atoms with van der Waals surface area (Å²) in [5, 5.41) is 5.91. The zero-order valence-electron chi connectivity index (χ0n) is 16.0. The molecule has 1 fully saturated rings. The molecule has 0 aromatic heterocycles. The van der Waals surface area contributed by atoms with Gasteiger partial charge in [-0.05, 0) is 31.2 Å². The molecule has 1 aliphatic rings. The van der Waals surface area contributed by atoms with E-state index in [1.54, 1.807) is 11.8 Å². The van der Waals surface area contributed by atoms with Gasteiger partial charge in [-0.1, -0.05) is 44.2 Å². The third kappa shape index (κ3) is 5.93. The van der Waals surface area contributed by atoms with Gasteiger partial charge in [0.2, 0.25) is 0 Å². The first kappa shape index (κ1) is 20.1. The number of nitrogens with zero attached hydrogens (tertiary/aromatic N) is 1. The molecule has 1 saturated heterocycles. The van der Waals surface area contributed by atoms with Crippen molar-refractivity contribution in [2.75, 3.05) is 26.2 Å². The lowest BCUT2D eigenvalue weighted by Gasteiger charge is -2.33. The quantitative estimate of drug-likeness (QED) is 0.816. The van der Waals surface area contributed by atoms with Crippen molar-refractivity contribution in [1.82, 2.24) is 15.5 Å². The van der Waals surface area contributed by atoms with Gasteiger partial charge in [-0.3, -0.25) is 0 Å². The molecule has 1 heterocycles. The van der Waals surface area contributed by atoms with Crippen LogP contribution in [0, 0.1) is 5.92 Å². The van der Waals surface area contributed by atoms with Gasteiger partial charge in [-0.25, -0.2) is 9.59 Å². The summed E-state index contributed by atoms with van der Waals surface area (Å²) in [5.41, 5.74) is 1.24. The molecule has 2 atom stereocenters. The highest BCUT2D eigenvalue weighted by Gasteiger charge is 2.26. The number of rotatable bonds is 6. The van der Waals surface area contributed by atoms with Gasteiger partial charge in [-0.15, -0.1) is 0 Å². The molecule has 1 aromatic rings. The molecule has 0 aliphatic carbocycles. The number of piperidine rings is 1. The Morgan fingerprint density at radius 2 is 2.00 bits per heavy atom. The van der Waals surface area contributed by atoms with E-state index in [4.69, 9.17) is 4.74 Å². The predicted octanol–water partition coefficient (Wildman–Crippen LogP) is 3.35. The van der Waals surface area contributed by atoms with Crippen LogP contribution in [0.5, 0.6) is 0 Å². The number of amides is 3. The Bertz CT molecular complexity index is 577. The largest absolute Gasteiger partial charge is 0.450 e. The van der Waals surface area contributed by atoms with Crippen LogP contribution in [0.15, 0.2) is 30.3 Å². The van der Waals surface area contributed by atoms with Gasteiger partial charge in [0.05, 0.1) is 6.61 Å². The summed E-state index contributed by atoms with van der Waals surface area (Å²) in [6.45, 7) is 8.30. The zero-order chi connectivity index (χ0) is 18.9. The first-order valence-corrected chi connectivity index (χ1v) is 9.52. The lowest BCUT2D eigenvalue weighted by molar-refractivity contribution is 0.135. The number of likely N-dealkylation sites (tertiary alicyclic amines) is 1. The number of hydrogen-bond acceptors (Lipinski definition) is 3. The van der Waals surface area contributed by atoms with Crippen LogP contribution in [0.3, 0.4) is 0 Å². The lowest BCUT2D eigenvalue weighted by Crippen LogP contribution is -2.52. The second-order valence-corrected chi connectivity index (χ2v) is 7.10. The number of carbonyl (C=O) groups excluding carboxylic acids is 2. The minimum atomic E-state index is -0.413. The van der Waals surface area contributed by atoms with Gasteiger partial charge in [0.25, 0.3) is 0 Å². The summed E-state index contributed by atoms with van der Waals surface area (Å²) in [6, 6.07) is 10.2. The molecule has 0 bridgehead atoms. The number of ether oxygens (including phenoxy) is 1. The molecule has 1 aromatic carbocycles.